The van der Waals surface area contributed by atoms with Crippen molar-refractivity contribution >= 4 is 11.9 Å². The molecule has 2 aromatic rings. The van der Waals surface area contributed by atoms with Crippen LogP contribution in [0.15, 0.2) is 42.5 Å². The summed E-state index contributed by atoms with van der Waals surface area (Å²) in [5.41, 5.74) is 1.14. The molecule has 148 valence electrons. The van der Waals surface area contributed by atoms with Crippen LogP contribution >= 0.6 is 0 Å². The van der Waals surface area contributed by atoms with Crippen molar-refractivity contribution in [2.75, 3.05) is 13.2 Å². The lowest BCUT2D eigenvalue weighted by Crippen LogP contribution is -2.32. The van der Waals surface area contributed by atoms with Crippen molar-refractivity contribution in [2.45, 2.75) is 32.4 Å². The second-order valence-electron chi connectivity index (χ2n) is 6.57. The average molecular weight is 387 g/mol. The Morgan fingerprint density at radius 2 is 1.93 bits per heavy atom. The van der Waals surface area contributed by atoms with Crippen molar-refractivity contribution in [1.29, 1.82) is 0 Å². The number of carbonyl (C=O) groups excluding carboxylic acids is 1. The van der Waals surface area contributed by atoms with Crippen molar-refractivity contribution in [3.63, 3.8) is 0 Å². The molecule has 1 saturated carbocycles. The summed E-state index contributed by atoms with van der Waals surface area (Å²) in [4.78, 5) is 25.6. The van der Waals surface area contributed by atoms with Crippen LogP contribution in [-0.4, -0.2) is 41.1 Å². The SMILES string of the molecule is CCOc1cc(C(=O)N(Cc2cccc(F)c2)C2CC2)ccc1OCC(=O)O. The number of amides is 1. The lowest BCUT2D eigenvalue weighted by atomic mass is 10.1. The maximum atomic E-state index is 13.5. The molecule has 0 spiro atoms. The average Bonchev–Trinajstić information content (AvgIpc) is 3.50. The second kappa shape index (κ2) is 8.73. The van der Waals surface area contributed by atoms with E-state index in [2.05, 4.69) is 0 Å². The van der Waals surface area contributed by atoms with E-state index in [1.54, 1.807) is 36.1 Å². The quantitative estimate of drug-likeness (QED) is 0.713. The van der Waals surface area contributed by atoms with Gasteiger partial charge in [0.25, 0.3) is 5.91 Å². The number of carboxylic acid groups (broad SMARTS) is 1. The largest absolute Gasteiger partial charge is 0.490 e. The van der Waals surface area contributed by atoms with Gasteiger partial charge in [-0.2, -0.15) is 0 Å². The fourth-order valence-electron chi connectivity index (χ4n) is 2.92. The summed E-state index contributed by atoms with van der Waals surface area (Å²) in [7, 11) is 0. The Kier molecular flexibility index (Phi) is 6.13. The molecule has 28 heavy (non-hydrogen) atoms. The number of hydrogen-bond acceptors (Lipinski definition) is 4. The number of ether oxygens (including phenoxy) is 2. The molecule has 0 unspecified atom stereocenters. The number of halogens is 1. The van der Waals surface area contributed by atoms with Crippen molar-refractivity contribution in [1.82, 2.24) is 4.90 Å². The van der Waals surface area contributed by atoms with Crippen LogP contribution in [0.5, 0.6) is 11.5 Å². The molecule has 0 atom stereocenters. The van der Waals surface area contributed by atoms with Crippen LogP contribution in [0.3, 0.4) is 0 Å². The van der Waals surface area contributed by atoms with Gasteiger partial charge in [0, 0.05) is 18.2 Å². The Morgan fingerprint density at radius 3 is 2.57 bits per heavy atom. The zero-order valence-corrected chi connectivity index (χ0v) is 15.6. The summed E-state index contributed by atoms with van der Waals surface area (Å²) >= 11 is 0. The van der Waals surface area contributed by atoms with E-state index in [0.717, 1.165) is 18.4 Å². The standard InChI is InChI=1S/C21H22FNO5/c1-2-27-19-11-15(6-9-18(19)28-13-20(24)25)21(26)23(17-7-8-17)12-14-4-3-5-16(22)10-14/h3-6,9-11,17H,2,7-8,12-13H2,1H3,(H,24,25). The number of hydrogen-bond donors (Lipinski definition) is 1. The zero-order chi connectivity index (χ0) is 20.1. The van der Waals surface area contributed by atoms with Crippen LogP contribution in [0.4, 0.5) is 4.39 Å². The lowest BCUT2D eigenvalue weighted by molar-refractivity contribution is -0.139. The third-order valence-corrected chi connectivity index (χ3v) is 4.33. The van der Waals surface area contributed by atoms with E-state index in [1.807, 2.05) is 0 Å². The fourth-order valence-corrected chi connectivity index (χ4v) is 2.92. The topological polar surface area (TPSA) is 76.1 Å². The minimum absolute atomic E-state index is 0.134. The first-order chi connectivity index (χ1) is 13.5. The summed E-state index contributed by atoms with van der Waals surface area (Å²) in [6.45, 7) is 1.95. The van der Waals surface area contributed by atoms with Crippen molar-refractivity contribution < 1.29 is 28.6 Å². The van der Waals surface area contributed by atoms with Crippen LogP contribution in [0.2, 0.25) is 0 Å². The first kappa shape index (κ1) is 19.7. The molecule has 7 heteroatoms. The highest BCUT2D eigenvalue weighted by atomic mass is 19.1. The molecule has 0 aromatic heterocycles. The number of aliphatic carboxylic acids is 1. The highest BCUT2D eigenvalue weighted by Gasteiger charge is 2.33. The van der Waals surface area contributed by atoms with Crippen LogP contribution < -0.4 is 9.47 Å². The van der Waals surface area contributed by atoms with Crippen LogP contribution in [0.1, 0.15) is 35.7 Å². The lowest BCUT2D eigenvalue weighted by Gasteiger charge is -2.23. The van der Waals surface area contributed by atoms with Gasteiger partial charge in [-0.3, -0.25) is 4.79 Å². The van der Waals surface area contributed by atoms with E-state index in [9.17, 15) is 14.0 Å². The molecule has 1 aliphatic carbocycles. The van der Waals surface area contributed by atoms with Crippen LogP contribution in [0.25, 0.3) is 0 Å². The number of nitrogens with zero attached hydrogens (tertiary/aromatic N) is 1. The maximum Gasteiger partial charge on any atom is 0.341 e. The summed E-state index contributed by atoms with van der Waals surface area (Å²) in [5.74, 6) is -1.03. The number of carboxylic acids is 1. The van der Waals surface area contributed by atoms with Gasteiger partial charge in [0.2, 0.25) is 0 Å². The smallest absolute Gasteiger partial charge is 0.341 e. The van der Waals surface area contributed by atoms with Gasteiger partial charge in [-0.25, -0.2) is 9.18 Å². The van der Waals surface area contributed by atoms with E-state index in [-0.39, 0.29) is 23.5 Å². The van der Waals surface area contributed by atoms with Crippen molar-refractivity contribution in [3.8, 4) is 11.5 Å². The van der Waals surface area contributed by atoms with Crippen LogP contribution in [0, 0.1) is 5.82 Å². The molecular formula is C21H22FNO5. The van der Waals surface area contributed by atoms with Gasteiger partial charge in [0.1, 0.15) is 5.82 Å². The Hall–Kier alpha value is -3.09. The van der Waals surface area contributed by atoms with Gasteiger partial charge in [-0.1, -0.05) is 12.1 Å². The molecule has 0 bridgehead atoms. The predicted octanol–water partition coefficient (Wildman–Crippen LogP) is 3.49. The molecule has 2 aromatic carbocycles. The van der Waals surface area contributed by atoms with Gasteiger partial charge >= 0.3 is 5.97 Å². The normalized spacial score (nSPS) is 13.1. The molecule has 1 fully saturated rings. The third-order valence-electron chi connectivity index (χ3n) is 4.33. The van der Waals surface area contributed by atoms with Crippen molar-refractivity contribution in [2.24, 2.45) is 0 Å². The molecule has 0 saturated heterocycles. The van der Waals surface area contributed by atoms with E-state index < -0.39 is 12.6 Å². The first-order valence-corrected chi connectivity index (χ1v) is 9.14. The van der Waals surface area contributed by atoms with Gasteiger partial charge in [0.15, 0.2) is 18.1 Å². The third kappa shape index (κ3) is 5.00. The molecule has 0 radical (unpaired) electrons. The van der Waals surface area contributed by atoms with Gasteiger partial charge in [0.05, 0.1) is 6.61 Å². The predicted molar refractivity (Wildman–Crippen MR) is 100 cm³/mol. The van der Waals surface area contributed by atoms with E-state index in [0.29, 0.717) is 24.5 Å². The molecule has 6 nitrogen and oxygen atoms in total. The van der Waals surface area contributed by atoms with E-state index >= 15 is 0 Å². The highest BCUT2D eigenvalue weighted by Crippen LogP contribution is 2.33. The highest BCUT2D eigenvalue weighted by molar-refractivity contribution is 5.95. The first-order valence-electron chi connectivity index (χ1n) is 9.14. The molecule has 1 aliphatic rings. The Balaban J connectivity index is 1.82. The Labute approximate surface area is 162 Å². The molecule has 1 N–H and O–H groups in total. The van der Waals surface area contributed by atoms with Gasteiger partial charge in [-0.15, -0.1) is 0 Å². The molecule has 3 rings (SSSR count). The molecule has 0 heterocycles. The fraction of sp³-hybridized carbons (Fsp3) is 0.333. The monoisotopic (exact) mass is 387 g/mol. The van der Waals surface area contributed by atoms with Crippen molar-refractivity contribution in [3.05, 3.63) is 59.4 Å². The van der Waals surface area contributed by atoms with Gasteiger partial charge in [-0.05, 0) is 55.7 Å². The van der Waals surface area contributed by atoms with Gasteiger partial charge < -0.3 is 19.5 Å². The maximum absolute atomic E-state index is 13.5. The van der Waals surface area contributed by atoms with E-state index in [1.165, 1.54) is 18.2 Å². The Morgan fingerprint density at radius 1 is 1.14 bits per heavy atom. The summed E-state index contributed by atoms with van der Waals surface area (Å²) in [5, 5.41) is 8.79. The minimum Gasteiger partial charge on any atom is -0.490 e. The number of benzene rings is 2. The number of rotatable bonds is 9. The summed E-state index contributed by atoms with van der Waals surface area (Å²) in [6, 6.07) is 11.0. The van der Waals surface area contributed by atoms with Crippen LogP contribution in [-0.2, 0) is 11.3 Å². The molecule has 1 amide bonds. The second-order valence-corrected chi connectivity index (χ2v) is 6.57. The minimum atomic E-state index is -1.10. The summed E-state index contributed by atoms with van der Waals surface area (Å²) in [6.07, 6.45) is 1.83. The Bertz CT molecular complexity index is 866. The number of carbonyl (C=O) groups is 2. The summed E-state index contributed by atoms with van der Waals surface area (Å²) < 4.78 is 24.2. The zero-order valence-electron chi connectivity index (χ0n) is 15.6. The molecule has 0 aliphatic heterocycles. The van der Waals surface area contributed by atoms with E-state index in [4.69, 9.17) is 14.6 Å². The molecular weight excluding hydrogens is 365 g/mol.